The van der Waals surface area contributed by atoms with Crippen molar-refractivity contribution in [1.29, 1.82) is 5.26 Å². The fourth-order valence-corrected chi connectivity index (χ4v) is 2.67. The molecule has 0 aromatic heterocycles. The maximum Gasteiger partial charge on any atom is 0.293 e. The largest absolute Gasteiger partial charge is 0.479 e. The Labute approximate surface area is 132 Å². The minimum atomic E-state index is -0.308. The summed E-state index contributed by atoms with van der Waals surface area (Å²) in [7, 11) is 1.52. The van der Waals surface area contributed by atoms with Gasteiger partial charge in [-0.05, 0) is 35.5 Å². The van der Waals surface area contributed by atoms with Crippen LogP contribution in [0.2, 0.25) is 0 Å². The van der Waals surface area contributed by atoms with E-state index in [9.17, 15) is 9.59 Å². The van der Waals surface area contributed by atoms with Crippen LogP contribution in [0, 0.1) is 11.3 Å². The molecule has 1 aromatic rings. The number of methoxy groups -OCH3 is 1. The molecular weight excluding hydrogens is 304 g/mol. The molecule has 0 aliphatic carbocycles. The van der Waals surface area contributed by atoms with Crippen LogP contribution in [0.3, 0.4) is 0 Å². The van der Waals surface area contributed by atoms with E-state index in [-0.39, 0.29) is 24.3 Å². The van der Waals surface area contributed by atoms with Crippen molar-refractivity contribution in [3.05, 3.63) is 34.7 Å². The summed E-state index contributed by atoms with van der Waals surface area (Å²) >= 11 is 0.914. The predicted octanol–water partition coefficient (Wildman–Crippen LogP) is 2.27. The molecular formula is C15H14N2O4S. The monoisotopic (exact) mass is 318 g/mol. The molecule has 1 heterocycles. The Bertz CT molecular complexity index is 634. The second-order valence-electron chi connectivity index (χ2n) is 4.34. The minimum Gasteiger partial charge on any atom is -0.479 e. The highest BCUT2D eigenvalue weighted by molar-refractivity contribution is 8.18. The number of thioether (sulfide) groups is 1. The molecule has 0 atom stereocenters. The summed E-state index contributed by atoms with van der Waals surface area (Å²) in [6, 6.07) is 8.82. The number of hydrogen-bond donors (Lipinski definition) is 0. The van der Waals surface area contributed by atoms with Gasteiger partial charge >= 0.3 is 0 Å². The molecule has 1 saturated heterocycles. The number of ether oxygens (including phenoxy) is 2. The van der Waals surface area contributed by atoms with Crippen molar-refractivity contribution in [2.24, 2.45) is 0 Å². The van der Waals surface area contributed by atoms with Crippen LogP contribution in [0.1, 0.15) is 5.56 Å². The lowest BCUT2D eigenvalue weighted by Crippen LogP contribution is -2.31. The molecule has 1 aliphatic rings. The lowest BCUT2D eigenvalue weighted by Gasteiger charge is -2.10. The summed E-state index contributed by atoms with van der Waals surface area (Å²) in [6.45, 7) is 0.549. The van der Waals surface area contributed by atoms with Gasteiger partial charge in [-0.1, -0.05) is 12.1 Å². The van der Waals surface area contributed by atoms with E-state index in [0.29, 0.717) is 17.3 Å². The molecule has 0 N–H and O–H groups in total. The fraction of sp³-hybridized carbons (Fsp3) is 0.267. The first-order valence-electron chi connectivity index (χ1n) is 6.50. The second-order valence-corrected chi connectivity index (χ2v) is 5.34. The molecule has 0 bridgehead atoms. The number of amides is 2. The van der Waals surface area contributed by atoms with Crippen LogP contribution in [0.5, 0.6) is 5.75 Å². The SMILES string of the molecule is COCCN1C(=O)S/C(=C\c2ccc(OCC#N)cc2)C1=O. The first kappa shape index (κ1) is 16.1. The van der Waals surface area contributed by atoms with E-state index < -0.39 is 0 Å². The van der Waals surface area contributed by atoms with Gasteiger partial charge in [0.25, 0.3) is 11.1 Å². The molecule has 1 aliphatic heterocycles. The minimum absolute atomic E-state index is 0.0161. The maximum atomic E-state index is 12.1. The highest BCUT2D eigenvalue weighted by Gasteiger charge is 2.34. The Morgan fingerprint density at radius 2 is 2.05 bits per heavy atom. The smallest absolute Gasteiger partial charge is 0.293 e. The number of carbonyl (C=O) groups excluding carboxylic acids is 2. The van der Waals surface area contributed by atoms with Crippen molar-refractivity contribution >= 4 is 29.0 Å². The first-order valence-corrected chi connectivity index (χ1v) is 7.31. The van der Waals surface area contributed by atoms with Gasteiger partial charge in [-0.3, -0.25) is 14.5 Å². The summed E-state index contributed by atoms with van der Waals surface area (Å²) < 4.78 is 10.0. The summed E-state index contributed by atoms with van der Waals surface area (Å²) in [4.78, 5) is 25.5. The zero-order valence-corrected chi connectivity index (χ0v) is 12.8. The Hall–Kier alpha value is -2.30. The molecule has 0 radical (unpaired) electrons. The summed E-state index contributed by atoms with van der Waals surface area (Å²) in [5.41, 5.74) is 0.779. The van der Waals surface area contributed by atoms with Gasteiger partial charge in [-0.2, -0.15) is 5.26 Å². The highest BCUT2D eigenvalue weighted by Crippen LogP contribution is 2.32. The van der Waals surface area contributed by atoms with Crippen molar-refractivity contribution in [1.82, 2.24) is 4.90 Å². The fourth-order valence-electron chi connectivity index (χ4n) is 1.80. The Balaban J connectivity index is 2.08. The van der Waals surface area contributed by atoms with Gasteiger partial charge in [0.15, 0.2) is 6.61 Å². The van der Waals surface area contributed by atoms with Crippen LogP contribution in [0.4, 0.5) is 4.79 Å². The van der Waals surface area contributed by atoms with E-state index in [0.717, 1.165) is 17.3 Å². The Kier molecular flexibility index (Phi) is 5.58. The summed E-state index contributed by atoms with van der Waals surface area (Å²) in [5, 5.41) is 8.15. The molecule has 0 spiro atoms. The average molecular weight is 318 g/mol. The third-order valence-electron chi connectivity index (χ3n) is 2.87. The molecule has 1 fully saturated rings. The number of hydrogen-bond acceptors (Lipinski definition) is 6. The van der Waals surface area contributed by atoms with Gasteiger partial charge < -0.3 is 9.47 Å². The quantitative estimate of drug-likeness (QED) is 0.749. The van der Waals surface area contributed by atoms with Gasteiger partial charge in [0.2, 0.25) is 0 Å². The van der Waals surface area contributed by atoms with Crippen LogP contribution in [-0.2, 0) is 9.53 Å². The third-order valence-corrected chi connectivity index (χ3v) is 3.78. The first-order chi connectivity index (χ1) is 10.7. The number of rotatable bonds is 6. The van der Waals surface area contributed by atoms with Gasteiger partial charge in [0.1, 0.15) is 11.8 Å². The summed E-state index contributed by atoms with van der Waals surface area (Å²) in [5.74, 6) is 0.267. The molecule has 2 rings (SSSR count). The van der Waals surface area contributed by atoms with Crippen molar-refractivity contribution < 1.29 is 19.1 Å². The van der Waals surface area contributed by atoms with Crippen molar-refractivity contribution in [2.45, 2.75) is 0 Å². The van der Waals surface area contributed by atoms with Gasteiger partial charge in [-0.25, -0.2) is 0 Å². The molecule has 7 heteroatoms. The van der Waals surface area contributed by atoms with E-state index in [1.165, 1.54) is 12.0 Å². The molecule has 0 unspecified atom stereocenters. The maximum absolute atomic E-state index is 12.1. The zero-order valence-electron chi connectivity index (χ0n) is 11.9. The molecule has 0 saturated carbocycles. The van der Waals surface area contributed by atoms with Gasteiger partial charge in [-0.15, -0.1) is 0 Å². The van der Waals surface area contributed by atoms with Gasteiger partial charge in [0.05, 0.1) is 18.1 Å². The van der Waals surface area contributed by atoms with Crippen LogP contribution < -0.4 is 4.74 Å². The van der Waals surface area contributed by atoms with E-state index in [1.54, 1.807) is 30.3 Å². The topological polar surface area (TPSA) is 79.6 Å². The van der Waals surface area contributed by atoms with Gasteiger partial charge in [0, 0.05) is 7.11 Å². The summed E-state index contributed by atoms with van der Waals surface area (Å²) in [6.07, 6.45) is 1.66. The standard InChI is InChI=1S/C15H14N2O4S/c1-20-9-7-17-14(18)13(22-15(17)19)10-11-2-4-12(5-3-11)21-8-6-16/h2-5,10H,7-9H2,1H3/b13-10-. The molecule has 114 valence electrons. The van der Waals surface area contributed by atoms with E-state index in [2.05, 4.69) is 0 Å². The number of nitrogens with zero attached hydrogens (tertiary/aromatic N) is 2. The molecule has 22 heavy (non-hydrogen) atoms. The van der Waals surface area contributed by atoms with Crippen molar-refractivity contribution in [2.75, 3.05) is 26.9 Å². The number of benzene rings is 1. The number of carbonyl (C=O) groups is 2. The number of imide groups is 1. The average Bonchev–Trinajstić information content (AvgIpc) is 2.79. The van der Waals surface area contributed by atoms with Crippen LogP contribution >= 0.6 is 11.8 Å². The molecule has 1 aromatic carbocycles. The van der Waals surface area contributed by atoms with Crippen LogP contribution in [0.25, 0.3) is 6.08 Å². The van der Waals surface area contributed by atoms with E-state index in [1.807, 2.05) is 6.07 Å². The van der Waals surface area contributed by atoms with E-state index in [4.69, 9.17) is 14.7 Å². The molecule has 2 amide bonds. The van der Waals surface area contributed by atoms with Crippen molar-refractivity contribution in [3.63, 3.8) is 0 Å². The highest BCUT2D eigenvalue weighted by atomic mass is 32.2. The normalized spacial score (nSPS) is 16.2. The third kappa shape index (κ3) is 3.87. The number of nitriles is 1. The predicted molar refractivity (Wildman–Crippen MR) is 82.1 cm³/mol. The molecule has 6 nitrogen and oxygen atoms in total. The lowest BCUT2D eigenvalue weighted by atomic mass is 10.2. The Morgan fingerprint density at radius 1 is 1.32 bits per heavy atom. The zero-order chi connectivity index (χ0) is 15.9. The second kappa shape index (κ2) is 7.64. The lowest BCUT2D eigenvalue weighted by molar-refractivity contribution is -0.123. The van der Waals surface area contributed by atoms with Crippen LogP contribution in [-0.4, -0.2) is 42.9 Å². The van der Waals surface area contributed by atoms with Crippen LogP contribution in [0.15, 0.2) is 29.2 Å². The van der Waals surface area contributed by atoms with Crippen molar-refractivity contribution in [3.8, 4) is 11.8 Å². The Morgan fingerprint density at radius 3 is 2.68 bits per heavy atom. The van der Waals surface area contributed by atoms with E-state index >= 15 is 0 Å².